The van der Waals surface area contributed by atoms with Crippen molar-refractivity contribution in [2.45, 2.75) is 12.5 Å². The summed E-state index contributed by atoms with van der Waals surface area (Å²) in [5, 5.41) is 2.75. The Hall–Kier alpha value is -1.77. The largest absolute Gasteiger partial charge is 0.467 e. The number of furan rings is 1. The predicted molar refractivity (Wildman–Crippen MR) is 54.6 cm³/mol. The molecule has 1 N–H and O–H groups in total. The summed E-state index contributed by atoms with van der Waals surface area (Å²) >= 11 is 0. The summed E-state index contributed by atoms with van der Waals surface area (Å²) in [6.07, 6.45) is 5.17. The van der Waals surface area contributed by atoms with Gasteiger partial charge in [-0.25, -0.2) is 0 Å². The average molecular weight is 191 g/mol. The second kappa shape index (κ2) is 5.07. The molecule has 1 rings (SSSR count). The van der Waals surface area contributed by atoms with Crippen molar-refractivity contribution < 1.29 is 9.21 Å². The molecule has 0 bridgehead atoms. The van der Waals surface area contributed by atoms with Gasteiger partial charge >= 0.3 is 0 Å². The van der Waals surface area contributed by atoms with E-state index in [0.717, 1.165) is 5.76 Å². The van der Waals surface area contributed by atoms with Gasteiger partial charge in [-0.1, -0.05) is 12.7 Å². The monoisotopic (exact) mass is 191 g/mol. The van der Waals surface area contributed by atoms with E-state index in [1.807, 2.05) is 6.07 Å². The van der Waals surface area contributed by atoms with Crippen LogP contribution in [-0.2, 0) is 4.79 Å². The Morgan fingerprint density at radius 3 is 2.93 bits per heavy atom. The maximum atomic E-state index is 11.1. The van der Waals surface area contributed by atoms with Crippen LogP contribution in [0.25, 0.3) is 0 Å². The average Bonchev–Trinajstić information content (AvgIpc) is 2.69. The van der Waals surface area contributed by atoms with Gasteiger partial charge in [0.25, 0.3) is 0 Å². The summed E-state index contributed by atoms with van der Waals surface area (Å²) in [6.45, 7) is 7.01. The zero-order valence-electron chi connectivity index (χ0n) is 7.90. The predicted octanol–water partition coefficient (Wildman–Crippen LogP) is 2.20. The van der Waals surface area contributed by atoms with E-state index >= 15 is 0 Å². The van der Waals surface area contributed by atoms with E-state index in [1.165, 1.54) is 6.08 Å². The molecule has 1 amide bonds. The maximum Gasteiger partial charge on any atom is 0.243 e. The van der Waals surface area contributed by atoms with E-state index in [9.17, 15) is 4.79 Å². The number of nitrogens with one attached hydrogen (secondary N) is 1. The van der Waals surface area contributed by atoms with Gasteiger partial charge in [0.2, 0.25) is 5.91 Å². The molecule has 1 heterocycles. The Bertz CT molecular complexity index is 314. The Labute approximate surface area is 83.1 Å². The lowest BCUT2D eigenvalue weighted by molar-refractivity contribution is -0.117. The molecule has 74 valence electrons. The van der Waals surface area contributed by atoms with Crippen molar-refractivity contribution in [3.8, 4) is 0 Å². The zero-order valence-corrected chi connectivity index (χ0v) is 7.90. The number of hydrogen-bond donors (Lipinski definition) is 1. The van der Waals surface area contributed by atoms with Gasteiger partial charge in [0.15, 0.2) is 0 Å². The Balaban J connectivity index is 2.69. The van der Waals surface area contributed by atoms with Crippen LogP contribution in [0.1, 0.15) is 18.2 Å². The van der Waals surface area contributed by atoms with Crippen molar-refractivity contribution in [1.29, 1.82) is 0 Å². The van der Waals surface area contributed by atoms with Crippen LogP contribution in [0.4, 0.5) is 0 Å². The van der Waals surface area contributed by atoms with Gasteiger partial charge in [-0.3, -0.25) is 4.79 Å². The molecule has 0 aliphatic carbocycles. The first kappa shape index (κ1) is 10.3. The number of carbonyl (C=O) groups excluding carboxylic acids is 1. The molecule has 1 atom stereocenters. The minimum absolute atomic E-state index is 0.159. The van der Waals surface area contributed by atoms with Gasteiger partial charge in [0.05, 0.1) is 12.3 Å². The summed E-state index contributed by atoms with van der Waals surface area (Å²) < 4.78 is 5.20. The standard InChI is InChI=1S/C11H13NO2/c1-3-6-9(12-11(13)4-2)10-7-5-8-14-10/h3-5,7-9H,1-2,6H2,(H,12,13)/t9-/m0/s1. The molecule has 1 aromatic rings. The first-order valence-corrected chi connectivity index (χ1v) is 4.35. The van der Waals surface area contributed by atoms with Gasteiger partial charge in [0.1, 0.15) is 5.76 Å². The molecule has 14 heavy (non-hydrogen) atoms. The van der Waals surface area contributed by atoms with Gasteiger partial charge in [0, 0.05) is 0 Å². The van der Waals surface area contributed by atoms with Crippen LogP contribution < -0.4 is 5.32 Å². The minimum Gasteiger partial charge on any atom is -0.467 e. The smallest absolute Gasteiger partial charge is 0.243 e. The van der Waals surface area contributed by atoms with Crippen molar-refractivity contribution >= 4 is 5.91 Å². The first-order valence-electron chi connectivity index (χ1n) is 4.35. The molecule has 0 saturated carbocycles. The summed E-state index contributed by atoms with van der Waals surface area (Å²) in [4.78, 5) is 11.1. The lowest BCUT2D eigenvalue weighted by atomic mass is 10.1. The maximum absolute atomic E-state index is 11.1. The van der Waals surface area contributed by atoms with Crippen LogP contribution in [0.2, 0.25) is 0 Å². The van der Waals surface area contributed by atoms with E-state index in [0.29, 0.717) is 6.42 Å². The minimum atomic E-state index is -0.215. The van der Waals surface area contributed by atoms with Gasteiger partial charge in [-0.2, -0.15) is 0 Å². The highest BCUT2D eigenvalue weighted by Gasteiger charge is 2.13. The third-order valence-corrected chi connectivity index (χ3v) is 1.79. The van der Waals surface area contributed by atoms with Crippen LogP contribution in [-0.4, -0.2) is 5.91 Å². The summed E-state index contributed by atoms with van der Waals surface area (Å²) in [5.74, 6) is 0.508. The molecular weight excluding hydrogens is 178 g/mol. The molecule has 0 radical (unpaired) electrons. The third kappa shape index (κ3) is 2.62. The summed E-state index contributed by atoms with van der Waals surface area (Å²) in [7, 11) is 0. The lowest BCUT2D eigenvalue weighted by Crippen LogP contribution is -2.25. The van der Waals surface area contributed by atoms with Gasteiger partial charge in [-0.05, 0) is 24.6 Å². The van der Waals surface area contributed by atoms with E-state index in [4.69, 9.17) is 4.42 Å². The highest BCUT2D eigenvalue weighted by molar-refractivity contribution is 5.87. The normalized spacial score (nSPS) is 11.7. The molecule has 0 aromatic carbocycles. The van der Waals surface area contributed by atoms with Crippen molar-refractivity contribution in [3.05, 3.63) is 49.5 Å². The fraction of sp³-hybridized carbons (Fsp3) is 0.182. The van der Waals surface area contributed by atoms with E-state index in [1.54, 1.807) is 18.4 Å². The first-order chi connectivity index (χ1) is 6.77. The molecule has 3 nitrogen and oxygen atoms in total. The molecule has 0 unspecified atom stereocenters. The SMILES string of the molecule is C=CC[C@H](NC(=O)C=C)c1ccco1. The Morgan fingerprint density at radius 1 is 1.64 bits per heavy atom. The highest BCUT2D eigenvalue weighted by Crippen LogP contribution is 2.17. The van der Waals surface area contributed by atoms with E-state index in [2.05, 4.69) is 18.5 Å². The summed E-state index contributed by atoms with van der Waals surface area (Å²) in [5.41, 5.74) is 0. The topological polar surface area (TPSA) is 42.2 Å². The summed E-state index contributed by atoms with van der Waals surface area (Å²) in [6, 6.07) is 3.44. The van der Waals surface area contributed by atoms with Crippen molar-refractivity contribution in [2.24, 2.45) is 0 Å². The zero-order chi connectivity index (χ0) is 10.4. The molecule has 0 fully saturated rings. The number of amides is 1. The molecule has 0 spiro atoms. The Morgan fingerprint density at radius 2 is 2.43 bits per heavy atom. The quantitative estimate of drug-likeness (QED) is 0.572. The molecule has 3 heteroatoms. The van der Waals surface area contributed by atoms with Gasteiger partial charge < -0.3 is 9.73 Å². The second-order valence-corrected chi connectivity index (χ2v) is 2.81. The van der Waals surface area contributed by atoms with E-state index < -0.39 is 0 Å². The Kier molecular flexibility index (Phi) is 3.73. The molecule has 0 aliphatic heterocycles. The van der Waals surface area contributed by atoms with Crippen molar-refractivity contribution in [2.75, 3.05) is 0 Å². The molecular formula is C11H13NO2. The van der Waals surface area contributed by atoms with Crippen molar-refractivity contribution in [1.82, 2.24) is 5.32 Å². The van der Waals surface area contributed by atoms with Crippen LogP contribution in [0.15, 0.2) is 48.1 Å². The lowest BCUT2D eigenvalue weighted by Gasteiger charge is -2.12. The fourth-order valence-corrected chi connectivity index (χ4v) is 1.13. The number of carbonyl (C=O) groups is 1. The van der Waals surface area contributed by atoms with Gasteiger partial charge in [-0.15, -0.1) is 6.58 Å². The molecule has 0 saturated heterocycles. The highest BCUT2D eigenvalue weighted by atomic mass is 16.3. The number of hydrogen-bond acceptors (Lipinski definition) is 2. The van der Waals surface area contributed by atoms with Crippen LogP contribution in [0.5, 0.6) is 0 Å². The van der Waals surface area contributed by atoms with Crippen LogP contribution in [0.3, 0.4) is 0 Å². The fourth-order valence-electron chi connectivity index (χ4n) is 1.13. The number of rotatable bonds is 5. The molecule has 1 aromatic heterocycles. The van der Waals surface area contributed by atoms with Crippen LogP contribution >= 0.6 is 0 Å². The van der Waals surface area contributed by atoms with Crippen molar-refractivity contribution in [3.63, 3.8) is 0 Å². The third-order valence-electron chi connectivity index (χ3n) is 1.79. The molecule has 0 aliphatic rings. The van der Waals surface area contributed by atoms with Crippen LogP contribution in [0, 0.1) is 0 Å². The second-order valence-electron chi connectivity index (χ2n) is 2.81. The van der Waals surface area contributed by atoms with E-state index in [-0.39, 0.29) is 11.9 Å².